The Morgan fingerprint density at radius 1 is 1.41 bits per heavy atom. The Balaban J connectivity index is 1.90. The van der Waals surface area contributed by atoms with Crippen molar-refractivity contribution in [3.05, 3.63) is 21.4 Å². The van der Waals surface area contributed by atoms with E-state index in [4.69, 9.17) is 5.73 Å². The van der Waals surface area contributed by atoms with Crippen molar-refractivity contribution in [3.8, 4) is 0 Å². The van der Waals surface area contributed by atoms with Gasteiger partial charge in [-0.15, -0.1) is 11.3 Å². The van der Waals surface area contributed by atoms with Crippen molar-refractivity contribution in [2.75, 3.05) is 13.1 Å². The van der Waals surface area contributed by atoms with Crippen LogP contribution in [-0.2, 0) is 13.1 Å². The maximum atomic E-state index is 5.70. The predicted molar refractivity (Wildman–Crippen MR) is 75.2 cm³/mol. The summed E-state index contributed by atoms with van der Waals surface area (Å²) in [5, 5.41) is 0. The molecule has 0 spiro atoms. The van der Waals surface area contributed by atoms with Crippen molar-refractivity contribution in [2.45, 2.75) is 46.2 Å². The number of nitrogens with zero attached hydrogens (tertiary/aromatic N) is 1. The second kappa shape index (κ2) is 5.98. The minimum absolute atomic E-state index is 0.684. The van der Waals surface area contributed by atoms with E-state index in [1.54, 1.807) is 0 Å². The highest BCUT2D eigenvalue weighted by molar-refractivity contribution is 7.12. The van der Waals surface area contributed by atoms with Gasteiger partial charge in [0.05, 0.1) is 0 Å². The van der Waals surface area contributed by atoms with E-state index < -0.39 is 0 Å². The predicted octanol–water partition coefficient (Wildman–Crippen LogP) is 3.14. The second-order valence-corrected chi connectivity index (χ2v) is 6.47. The molecule has 0 radical (unpaired) electrons. The fraction of sp³-hybridized carbons (Fsp3) is 0.714. The summed E-state index contributed by atoms with van der Waals surface area (Å²) >= 11 is 1.86. The van der Waals surface area contributed by atoms with Crippen LogP contribution in [0.15, 0.2) is 6.07 Å². The topological polar surface area (TPSA) is 29.3 Å². The van der Waals surface area contributed by atoms with Crippen molar-refractivity contribution < 1.29 is 0 Å². The summed E-state index contributed by atoms with van der Waals surface area (Å²) in [4.78, 5) is 5.37. The molecular formula is C14H24N2S. The van der Waals surface area contributed by atoms with E-state index in [9.17, 15) is 0 Å². The van der Waals surface area contributed by atoms with Gasteiger partial charge in [0.15, 0.2) is 0 Å². The Morgan fingerprint density at radius 3 is 2.65 bits per heavy atom. The number of hydrogen-bond donors (Lipinski definition) is 1. The third-order valence-corrected chi connectivity index (χ3v) is 5.07. The smallest absolute Gasteiger partial charge is 0.0274 e. The molecule has 0 atom stereocenters. The first-order chi connectivity index (χ1) is 8.22. The average Bonchev–Trinajstić information content (AvgIpc) is 2.71. The molecule has 0 aliphatic carbocycles. The number of likely N-dealkylation sites (tertiary alicyclic amines) is 1. The average molecular weight is 252 g/mol. The van der Waals surface area contributed by atoms with Gasteiger partial charge >= 0.3 is 0 Å². The molecule has 0 bridgehead atoms. The van der Waals surface area contributed by atoms with Gasteiger partial charge < -0.3 is 5.73 Å². The van der Waals surface area contributed by atoms with Gasteiger partial charge in [-0.25, -0.2) is 0 Å². The maximum absolute atomic E-state index is 5.70. The molecule has 2 heterocycles. The summed E-state index contributed by atoms with van der Waals surface area (Å²) in [6.07, 6.45) is 4.11. The molecule has 1 aliphatic heterocycles. The van der Waals surface area contributed by atoms with Gasteiger partial charge in [-0.1, -0.05) is 13.3 Å². The Labute approximate surface area is 109 Å². The Morgan fingerprint density at radius 2 is 2.12 bits per heavy atom. The molecule has 2 rings (SSSR count). The number of aryl methyl sites for hydroxylation is 1. The molecule has 1 fully saturated rings. The van der Waals surface area contributed by atoms with Crippen LogP contribution >= 0.6 is 11.3 Å². The zero-order valence-electron chi connectivity index (χ0n) is 11.0. The summed E-state index contributed by atoms with van der Waals surface area (Å²) < 4.78 is 0. The van der Waals surface area contributed by atoms with Crippen LogP contribution in [0.3, 0.4) is 0 Å². The lowest BCUT2D eigenvalue weighted by Crippen LogP contribution is -2.33. The maximum Gasteiger partial charge on any atom is 0.0274 e. The molecule has 96 valence electrons. The van der Waals surface area contributed by atoms with E-state index in [2.05, 4.69) is 24.8 Å². The number of thiophene rings is 1. The highest BCUT2D eigenvalue weighted by Gasteiger charge is 2.18. The van der Waals surface area contributed by atoms with Crippen LogP contribution in [0.1, 0.15) is 41.5 Å². The monoisotopic (exact) mass is 252 g/mol. The number of piperidine rings is 1. The van der Waals surface area contributed by atoms with Crippen molar-refractivity contribution in [2.24, 2.45) is 11.7 Å². The molecule has 17 heavy (non-hydrogen) atoms. The molecule has 1 saturated heterocycles. The first-order valence-corrected chi connectivity index (χ1v) is 7.55. The first kappa shape index (κ1) is 13.1. The molecule has 0 amide bonds. The van der Waals surface area contributed by atoms with Crippen molar-refractivity contribution in [1.82, 2.24) is 4.90 Å². The van der Waals surface area contributed by atoms with Gasteiger partial charge in [-0.3, -0.25) is 4.90 Å². The number of rotatable bonds is 4. The van der Waals surface area contributed by atoms with E-state index in [1.165, 1.54) is 47.7 Å². The SMILES string of the molecule is CCC1CCN(Cc2cc(CN)sc2C)CC1. The molecule has 0 saturated carbocycles. The molecule has 1 aromatic rings. The molecule has 0 aromatic carbocycles. The van der Waals surface area contributed by atoms with Crippen LogP contribution in [-0.4, -0.2) is 18.0 Å². The normalized spacial score (nSPS) is 18.8. The lowest BCUT2D eigenvalue weighted by atomic mass is 9.94. The summed E-state index contributed by atoms with van der Waals surface area (Å²) in [6, 6.07) is 2.30. The largest absolute Gasteiger partial charge is 0.326 e. The Hall–Kier alpha value is -0.380. The summed E-state index contributed by atoms with van der Waals surface area (Å²) in [5.41, 5.74) is 7.19. The van der Waals surface area contributed by atoms with Gasteiger partial charge in [0.2, 0.25) is 0 Å². The molecule has 0 unspecified atom stereocenters. The highest BCUT2D eigenvalue weighted by atomic mass is 32.1. The molecular weight excluding hydrogens is 228 g/mol. The zero-order valence-corrected chi connectivity index (χ0v) is 11.9. The van der Waals surface area contributed by atoms with Crippen molar-refractivity contribution in [1.29, 1.82) is 0 Å². The van der Waals surface area contributed by atoms with Gasteiger partial charge in [-0.05, 0) is 50.4 Å². The zero-order chi connectivity index (χ0) is 12.3. The molecule has 2 N–H and O–H groups in total. The highest BCUT2D eigenvalue weighted by Crippen LogP contribution is 2.25. The minimum atomic E-state index is 0.684. The van der Waals surface area contributed by atoms with Crippen LogP contribution in [0.2, 0.25) is 0 Å². The Bertz CT molecular complexity index is 351. The third kappa shape index (κ3) is 3.30. The third-order valence-electron chi connectivity index (χ3n) is 3.95. The minimum Gasteiger partial charge on any atom is -0.326 e. The van der Waals surface area contributed by atoms with Crippen LogP contribution < -0.4 is 5.73 Å². The standard InChI is InChI=1S/C14H24N2S/c1-3-12-4-6-16(7-5-12)10-13-8-14(9-15)17-11(13)2/h8,12H,3-7,9-10,15H2,1-2H3. The van der Waals surface area contributed by atoms with E-state index in [-0.39, 0.29) is 0 Å². The quantitative estimate of drug-likeness (QED) is 0.892. The van der Waals surface area contributed by atoms with Crippen LogP contribution in [0.5, 0.6) is 0 Å². The van der Waals surface area contributed by atoms with E-state index in [0.29, 0.717) is 6.54 Å². The van der Waals surface area contributed by atoms with Gasteiger partial charge in [0.1, 0.15) is 0 Å². The van der Waals surface area contributed by atoms with Crippen molar-refractivity contribution in [3.63, 3.8) is 0 Å². The fourth-order valence-corrected chi connectivity index (χ4v) is 3.57. The Kier molecular flexibility index (Phi) is 4.60. The molecule has 2 nitrogen and oxygen atoms in total. The van der Waals surface area contributed by atoms with Gasteiger partial charge in [0, 0.05) is 22.8 Å². The van der Waals surface area contributed by atoms with Crippen LogP contribution in [0.25, 0.3) is 0 Å². The van der Waals surface area contributed by atoms with Gasteiger partial charge in [0.25, 0.3) is 0 Å². The summed E-state index contributed by atoms with van der Waals surface area (Å²) in [6.45, 7) is 8.88. The van der Waals surface area contributed by atoms with Crippen LogP contribution in [0.4, 0.5) is 0 Å². The van der Waals surface area contributed by atoms with E-state index >= 15 is 0 Å². The molecule has 3 heteroatoms. The van der Waals surface area contributed by atoms with Gasteiger partial charge in [-0.2, -0.15) is 0 Å². The lowest BCUT2D eigenvalue weighted by molar-refractivity contribution is 0.175. The second-order valence-electron chi connectivity index (χ2n) is 5.13. The lowest BCUT2D eigenvalue weighted by Gasteiger charge is -2.31. The number of hydrogen-bond acceptors (Lipinski definition) is 3. The first-order valence-electron chi connectivity index (χ1n) is 6.73. The number of nitrogens with two attached hydrogens (primary N) is 1. The van der Waals surface area contributed by atoms with Crippen LogP contribution in [0, 0.1) is 12.8 Å². The van der Waals surface area contributed by atoms with Crippen molar-refractivity contribution >= 4 is 11.3 Å². The molecule has 1 aromatic heterocycles. The van der Waals surface area contributed by atoms with E-state index in [1.807, 2.05) is 11.3 Å². The fourth-order valence-electron chi connectivity index (χ4n) is 2.64. The summed E-state index contributed by atoms with van der Waals surface area (Å²) in [5.74, 6) is 0.967. The summed E-state index contributed by atoms with van der Waals surface area (Å²) in [7, 11) is 0. The van der Waals surface area contributed by atoms with E-state index in [0.717, 1.165) is 12.5 Å². The molecule has 1 aliphatic rings.